The fraction of sp³-hybridized carbons (Fsp3) is 0.364. The number of hydrogen-bond donors (Lipinski definition) is 1. The largest absolute Gasteiger partial charge is 0.357 e. The van der Waals surface area contributed by atoms with Crippen molar-refractivity contribution in [2.45, 2.75) is 32.9 Å². The number of anilines is 1. The lowest BCUT2D eigenvalue weighted by molar-refractivity contribution is -0.140. The van der Waals surface area contributed by atoms with Crippen molar-refractivity contribution in [2.75, 3.05) is 24.2 Å². The smallest absolute Gasteiger partial charge is 0.244 e. The number of halogens is 3. The van der Waals surface area contributed by atoms with Gasteiger partial charge in [-0.25, -0.2) is 8.42 Å². The van der Waals surface area contributed by atoms with E-state index in [1.54, 1.807) is 50.2 Å². The predicted octanol–water partition coefficient (Wildman–Crippen LogP) is 4.27. The number of aryl methyl sites for hydroxylation is 1. The zero-order valence-corrected chi connectivity index (χ0v) is 21.8. The van der Waals surface area contributed by atoms with Gasteiger partial charge in [-0.15, -0.1) is 0 Å². The minimum absolute atomic E-state index is 0.00202. The number of carbonyl (C=O) groups excluding carboxylic acids is 2. The molecule has 2 rings (SSSR count). The molecule has 7 nitrogen and oxygen atoms in total. The summed E-state index contributed by atoms with van der Waals surface area (Å²) in [6, 6.07) is 8.72. The van der Waals surface area contributed by atoms with Crippen LogP contribution in [0.15, 0.2) is 36.4 Å². The van der Waals surface area contributed by atoms with E-state index in [2.05, 4.69) is 5.32 Å². The van der Waals surface area contributed by atoms with Crippen molar-refractivity contribution in [1.29, 1.82) is 0 Å². The second-order valence-corrected chi connectivity index (χ2v) is 10.7. The number of nitrogens with zero attached hydrogens (tertiary/aromatic N) is 2. The predicted molar refractivity (Wildman–Crippen MR) is 134 cm³/mol. The zero-order chi connectivity index (χ0) is 24.9. The first kappa shape index (κ1) is 27.2. The molecular weight excluding hydrogens is 509 g/mol. The lowest BCUT2D eigenvalue weighted by atomic mass is 10.1. The summed E-state index contributed by atoms with van der Waals surface area (Å²) >= 11 is 18.3. The van der Waals surface area contributed by atoms with Gasteiger partial charge in [0.05, 0.1) is 11.9 Å². The summed E-state index contributed by atoms with van der Waals surface area (Å²) in [5.41, 5.74) is 1.49. The maximum atomic E-state index is 13.5. The molecule has 0 unspecified atom stereocenters. The fourth-order valence-corrected chi connectivity index (χ4v) is 5.02. The Labute approximate surface area is 209 Å². The van der Waals surface area contributed by atoms with E-state index in [0.717, 1.165) is 10.6 Å². The van der Waals surface area contributed by atoms with Gasteiger partial charge in [0.1, 0.15) is 12.6 Å². The van der Waals surface area contributed by atoms with Crippen molar-refractivity contribution < 1.29 is 18.0 Å². The van der Waals surface area contributed by atoms with Crippen LogP contribution in [0.4, 0.5) is 5.69 Å². The molecule has 1 atom stereocenters. The van der Waals surface area contributed by atoms with Crippen LogP contribution in [0.1, 0.15) is 24.5 Å². The normalized spacial score (nSPS) is 12.2. The van der Waals surface area contributed by atoms with Gasteiger partial charge in [-0.3, -0.25) is 13.9 Å². The molecule has 2 aromatic carbocycles. The highest BCUT2D eigenvalue weighted by Crippen LogP contribution is 2.27. The lowest BCUT2D eigenvalue weighted by Gasteiger charge is -2.33. The minimum atomic E-state index is -3.83. The average molecular weight is 535 g/mol. The summed E-state index contributed by atoms with van der Waals surface area (Å²) < 4.78 is 26.2. The Morgan fingerprint density at radius 3 is 2.18 bits per heavy atom. The highest BCUT2D eigenvalue weighted by atomic mass is 35.5. The molecule has 180 valence electrons. The third-order valence-corrected chi connectivity index (χ3v) is 7.04. The quantitative estimate of drug-likeness (QED) is 0.520. The minimum Gasteiger partial charge on any atom is -0.357 e. The van der Waals surface area contributed by atoms with E-state index in [0.29, 0.717) is 38.3 Å². The number of rotatable bonds is 9. The summed E-state index contributed by atoms with van der Waals surface area (Å²) in [7, 11) is -2.35. The van der Waals surface area contributed by atoms with Crippen molar-refractivity contribution in [3.8, 4) is 0 Å². The standard InChI is InChI=1S/C22H26Cl3N3O4S/c1-5-19(22(30)26-3)27(12-15-6-7-17(24)11-18(15)25)21(29)13-28(33(4,31)32)20-9-8-16(23)10-14(20)2/h6-11,19H,5,12-13H2,1-4H3,(H,26,30)/t19-/m1/s1. The summed E-state index contributed by atoms with van der Waals surface area (Å²) in [4.78, 5) is 27.4. The van der Waals surface area contributed by atoms with Crippen LogP contribution in [0.2, 0.25) is 15.1 Å². The van der Waals surface area contributed by atoms with Crippen LogP contribution < -0.4 is 9.62 Å². The maximum Gasteiger partial charge on any atom is 0.244 e. The molecule has 33 heavy (non-hydrogen) atoms. The molecule has 0 bridgehead atoms. The average Bonchev–Trinajstić information content (AvgIpc) is 2.72. The van der Waals surface area contributed by atoms with E-state index in [1.165, 1.54) is 11.9 Å². The molecule has 11 heteroatoms. The second-order valence-electron chi connectivity index (χ2n) is 7.50. The molecule has 0 aliphatic heterocycles. The maximum absolute atomic E-state index is 13.5. The molecule has 1 N–H and O–H groups in total. The number of likely N-dealkylation sites (N-methyl/N-ethyl adjacent to an activating group) is 1. The number of nitrogens with one attached hydrogen (secondary N) is 1. The van der Waals surface area contributed by atoms with E-state index in [9.17, 15) is 18.0 Å². The summed E-state index contributed by atoms with van der Waals surface area (Å²) in [5.74, 6) is -0.930. The molecule has 0 aromatic heterocycles. The van der Waals surface area contributed by atoms with Crippen LogP contribution in [0.25, 0.3) is 0 Å². The summed E-state index contributed by atoms with van der Waals surface area (Å²) in [5, 5.41) is 3.77. The molecule has 0 aliphatic rings. The van der Waals surface area contributed by atoms with Gasteiger partial charge < -0.3 is 10.2 Å². The van der Waals surface area contributed by atoms with Gasteiger partial charge in [0.25, 0.3) is 0 Å². The molecule has 0 spiro atoms. The third-order valence-electron chi connectivity index (χ3n) is 5.09. The van der Waals surface area contributed by atoms with Crippen molar-refractivity contribution in [3.05, 3.63) is 62.6 Å². The van der Waals surface area contributed by atoms with Crippen LogP contribution in [-0.2, 0) is 26.2 Å². The molecule has 0 heterocycles. The number of hydrogen-bond acceptors (Lipinski definition) is 4. The Bertz CT molecular complexity index is 1140. The number of amides is 2. The Balaban J connectivity index is 2.49. The van der Waals surface area contributed by atoms with Gasteiger partial charge in [-0.05, 0) is 54.8 Å². The topological polar surface area (TPSA) is 86.8 Å². The molecule has 2 aromatic rings. The second kappa shape index (κ2) is 11.4. The van der Waals surface area contributed by atoms with Crippen LogP contribution in [0.5, 0.6) is 0 Å². The van der Waals surface area contributed by atoms with Crippen molar-refractivity contribution in [2.24, 2.45) is 0 Å². The molecule has 0 fully saturated rings. The molecule has 0 aliphatic carbocycles. The molecule has 0 saturated carbocycles. The Hall–Kier alpha value is -2.00. The summed E-state index contributed by atoms with van der Waals surface area (Å²) in [6.07, 6.45) is 1.33. The first-order chi connectivity index (χ1) is 15.4. The van der Waals surface area contributed by atoms with Crippen molar-refractivity contribution in [3.63, 3.8) is 0 Å². The Kier molecular flexibility index (Phi) is 9.43. The van der Waals surface area contributed by atoms with Crippen LogP contribution in [0.3, 0.4) is 0 Å². The van der Waals surface area contributed by atoms with Crippen LogP contribution >= 0.6 is 34.8 Å². The SMILES string of the molecule is CC[C@H](C(=O)NC)N(Cc1ccc(Cl)cc1Cl)C(=O)CN(c1ccc(Cl)cc1C)S(C)(=O)=O. The first-order valence-electron chi connectivity index (χ1n) is 10.1. The van der Waals surface area contributed by atoms with Crippen LogP contribution in [0, 0.1) is 6.92 Å². The zero-order valence-electron chi connectivity index (χ0n) is 18.7. The van der Waals surface area contributed by atoms with Crippen molar-refractivity contribution in [1.82, 2.24) is 10.2 Å². The number of benzene rings is 2. The van der Waals surface area contributed by atoms with E-state index >= 15 is 0 Å². The Morgan fingerprint density at radius 2 is 1.67 bits per heavy atom. The number of sulfonamides is 1. The van der Waals surface area contributed by atoms with Crippen molar-refractivity contribution >= 4 is 62.3 Å². The van der Waals surface area contributed by atoms with Crippen LogP contribution in [-0.4, -0.2) is 51.0 Å². The van der Waals surface area contributed by atoms with Gasteiger partial charge in [0, 0.05) is 28.7 Å². The van der Waals surface area contributed by atoms with Gasteiger partial charge in [-0.2, -0.15) is 0 Å². The number of carbonyl (C=O) groups is 2. The molecule has 2 amide bonds. The Morgan fingerprint density at radius 1 is 1.06 bits per heavy atom. The third kappa shape index (κ3) is 6.99. The highest BCUT2D eigenvalue weighted by molar-refractivity contribution is 7.92. The van der Waals surface area contributed by atoms with Gasteiger partial charge in [0.2, 0.25) is 21.8 Å². The van der Waals surface area contributed by atoms with E-state index < -0.39 is 28.5 Å². The molecular formula is C22H26Cl3N3O4S. The van der Waals surface area contributed by atoms with Gasteiger partial charge in [-0.1, -0.05) is 47.8 Å². The summed E-state index contributed by atoms with van der Waals surface area (Å²) in [6.45, 7) is 2.97. The van der Waals surface area contributed by atoms with E-state index in [4.69, 9.17) is 34.8 Å². The highest BCUT2D eigenvalue weighted by Gasteiger charge is 2.32. The molecule has 0 radical (unpaired) electrons. The lowest BCUT2D eigenvalue weighted by Crippen LogP contribution is -2.51. The van der Waals surface area contributed by atoms with E-state index in [-0.39, 0.29) is 12.5 Å². The fourth-order valence-electron chi connectivity index (χ4n) is 3.41. The monoisotopic (exact) mass is 533 g/mol. The van der Waals surface area contributed by atoms with Gasteiger partial charge in [0.15, 0.2) is 0 Å². The van der Waals surface area contributed by atoms with E-state index in [1.807, 2.05) is 0 Å². The first-order valence-corrected chi connectivity index (χ1v) is 13.1. The molecule has 0 saturated heterocycles. The van der Waals surface area contributed by atoms with Gasteiger partial charge >= 0.3 is 0 Å².